The number of piperidine rings is 1. The highest BCUT2D eigenvalue weighted by molar-refractivity contribution is 5.70. The molecule has 0 amide bonds. The summed E-state index contributed by atoms with van der Waals surface area (Å²) >= 11 is 0. The van der Waals surface area contributed by atoms with Crippen LogP contribution in [0.3, 0.4) is 0 Å². The highest BCUT2D eigenvalue weighted by Gasteiger charge is 2.21. The van der Waals surface area contributed by atoms with Crippen molar-refractivity contribution in [3.05, 3.63) is 27.2 Å². The molecule has 0 aliphatic carbocycles. The van der Waals surface area contributed by atoms with Crippen molar-refractivity contribution in [1.82, 2.24) is 24.0 Å². The molecule has 1 aliphatic rings. The average Bonchev–Trinajstić information content (AvgIpc) is 2.86. The molecule has 1 N–H and O–H groups in total. The molecule has 1 aliphatic heterocycles. The Balaban J connectivity index is 2.18. The lowest BCUT2D eigenvalue weighted by molar-refractivity contribution is 0.321. The van der Waals surface area contributed by atoms with E-state index in [2.05, 4.69) is 10.3 Å². The number of nitrogens with one attached hydrogen (secondary N) is 1. The van der Waals surface area contributed by atoms with Crippen LogP contribution in [-0.2, 0) is 13.6 Å². The van der Waals surface area contributed by atoms with E-state index in [9.17, 15) is 9.59 Å². The van der Waals surface area contributed by atoms with Gasteiger partial charge in [0.25, 0.3) is 5.56 Å². The molecule has 0 bridgehead atoms. The second kappa shape index (κ2) is 5.72. The van der Waals surface area contributed by atoms with Gasteiger partial charge in [-0.2, -0.15) is 0 Å². The normalized spacial score (nSPS) is 16.7. The van der Waals surface area contributed by atoms with Crippen molar-refractivity contribution in [3.8, 4) is 0 Å². The molecule has 120 valence electrons. The SMILES string of the molecule is CC(C)n1c(=O)n(CC2CCNCC2)c(=O)c2c1ncn2C. The van der Waals surface area contributed by atoms with Gasteiger partial charge < -0.3 is 9.88 Å². The van der Waals surface area contributed by atoms with Gasteiger partial charge in [0, 0.05) is 19.6 Å². The van der Waals surface area contributed by atoms with Gasteiger partial charge in [0.15, 0.2) is 11.2 Å². The Morgan fingerprint density at radius 3 is 2.64 bits per heavy atom. The molecule has 2 aromatic rings. The number of fused-ring (bicyclic) bond motifs is 1. The van der Waals surface area contributed by atoms with Crippen LogP contribution in [0.2, 0.25) is 0 Å². The predicted octanol–water partition coefficient (Wildman–Crippen LogP) is 0.477. The summed E-state index contributed by atoms with van der Waals surface area (Å²) in [7, 11) is 1.79. The molecule has 7 heteroatoms. The average molecular weight is 305 g/mol. The number of hydrogen-bond acceptors (Lipinski definition) is 4. The standard InChI is InChI=1S/C15H23N5O2/c1-10(2)20-13-12(18(3)9-17-13)14(21)19(15(20)22)8-11-4-6-16-7-5-11/h9-11,16H,4-8H2,1-3H3. The smallest absolute Gasteiger partial charge is 0.328 e. The van der Waals surface area contributed by atoms with E-state index in [-0.39, 0.29) is 17.3 Å². The molecule has 0 spiro atoms. The van der Waals surface area contributed by atoms with Gasteiger partial charge in [0.05, 0.1) is 6.33 Å². The van der Waals surface area contributed by atoms with Crippen molar-refractivity contribution < 1.29 is 0 Å². The van der Waals surface area contributed by atoms with E-state index >= 15 is 0 Å². The van der Waals surface area contributed by atoms with Crippen LogP contribution in [0.5, 0.6) is 0 Å². The largest absolute Gasteiger partial charge is 0.332 e. The van der Waals surface area contributed by atoms with Crippen LogP contribution in [0.1, 0.15) is 32.7 Å². The van der Waals surface area contributed by atoms with Gasteiger partial charge in [0.2, 0.25) is 0 Å². The van der Waals surface area contributed by atoms with Crippen LogP contribution in [-0.4, -0.2) is 31.8 Å². The minimum Gasteiger partial charge on any atom is -0.328 e. The van der Waals surface area contributed by atoms with Crippen molar-refractivity contribution in [2.45, 2.75) is 39.3 Å². The minimum absolute atomic E-state index is 0.0372. The summed E-state index contributed by atoms with van der Waals surface area (Å²) < 4.78 is 4.73. The van der Waals surface area contributed by atoms with Crippen molar-refractivity contribution in [1.29, 1.82) is 0 Å². The molecule has 0 saturated carbocycles. The molecule has 0 radical (unpaired) electrons. The quantitative estimate of drug-likeness (QED) is 0.895. The van der Waals surface area contributed by atoms with E-state index in [1.807, 2.05) is 13.8 Å². The molecule has 0 unspecified atom stereocenters. The topological polar surface area (TPSA) is 73.8 Å². The maximum atomic E-state index is 12.8. The highest BCUT2D eigenvalue weighted by Crippen LogP contribution is 2.14. The Bertz CT molecular complexity index is 793. The van der Waals surface area contributed by atoms with Gasteiger partial charge in [-0.15, -0.1) is 0 Å². The van der Waals surface area contributed by atoms with Gasteiger partial charge in [-0.3, -0.25) is 13.9 Å². The van der Waals surface area contributed by atoms with E-state index in [0.717, 1.165) is 25.9 Å². The van der Waals surface area contributed by atoms with Gasteiger partial charge in [0.1, 0.15) is 0 Å². The van der Waals surface area contributed by atoms with Crippen LogP contribution in [0, 0.1) is 5.92 Å². The first-order valence-corrected chi connectivity index (χ1v) is 7.87. The van der Waals surface area contributed by atoms with E-state index in [1.165, 1.54) is 4.57 Å². The summed E-state index contributed by atoms with van der Waals surface area (Å²) in [6, 6.07) is -0.0372. The highest BCUT2D eigenvalue weighted by atomic mass is 16.2. The monoisotopic (exact) mass is 305 g/mol. The first-order chi connectivity index (χ1) is 10.5. The maximum absolute atomic E-state index is 12.8. The zero-order chi connectivity index (χ0) is 15.9. The summed E-state index contributed by atoms with van der Waals surface area (Å²) in [6.45, 7) is 6.27. The lowest BCUT2D eigenvalue weighted by Gasteiger charge is -2.23. The van der Waals surface area contributed by atoms with Crippen molar-refractivity contribution >= 4 is 11.2 Å². The molecular weight excluding hydrogens is 282 g/mol. The van der Waals surface area contributed by atoms with Gasteiger partial charge in [-0.05, 0) is 45.7 Å². The summed E-state index contributed by atoms with van der Waals surface area (Å²) in [6.07, 6.45) is 3.59. The molecule has 22 heavy (non-hydrogen) atoms. The zero-order valence-electron chi connectivity index (χ0n) is 13.4. The molecular formula is C15H23N5O2. The lowest BCUT2D eigenvalue weighted by atomic mass is 9.98. The van der Waals surface area contributed by atoms with Crippen molar-refractivity contribution in [3.63, 3.8) is 0 Å². The summed E-state index contributed by atoms with van der Waals surface area (Å²) in [5.41, 5.74) is 0.511. The Morgan fingerprint density at radius 1 is 1.32 bits per heavy atom. The first kappa shape index (κ1) is 15.0. The Kier molecular flexibility index (Phi) is 3.90. The fraction of sp³-hybridized carbons (Fsp3) is 0.667. The third-order valence-corrected chi connectivity index (χ3v) is 4.45. The summed E-state index contributed by atoms with van der Waals surface area (Å²) in [5.74, 6) is 0.373. The van der Waals surface area contributed by atoms with Crippen molar-refractivity contribution in [2.24, 2.45) is 13.0 Å². The number of aryl methyl sites for hydroxylation is 1. The van der Waals surface area contributed by atoms with Crippen LogP contribution >= 0.6 is 0 Å². The van der Waals surface area contributed by atoms with Crippen LogP contribution < -0.4 is 16.6 Å². The molecule has 1 fully saturated rings. The van der Waals surface area contributed by atoms with E-state index in [0.29, 0.717) is 23.6 Å². The van der Waals surface area contributed by atoms with Crippen LogP contribution in [0.15, 0.2) is 15.9 Å². The molecule has 1 saturated heterocycles. The molecule has 3 heterocycles. The first-order valence-electron chi connectivity index (χ1n) is 7.87. The van der Waals surface area contributed by atoms with Crippen LogP contribution in [0.4, 0.5) is 0 Å². The Morgan fingerprint density at radius 2 is 2.00 bits per heavy atom. The van der Waals surface area contributed by atoms with E-state index in [1.54, 1.807) is 22.5 Å². The predicted molar refractivity (Wildman–Crippen MR) is 85.2 cm³/mol. The Hall–Kier alpha value is -1.89. The Labute approximate surface area is 128 Å². The summed E-state index contributed by atoms with van der Waals surface area (Å²) in [4.78, 5) is 29.8. The second-order valence-electron chi connectivity index (χ2n) is 6.38. The van der Waals surface area contributed by atoms with Gasteiger partial charge >= 0.3 is 5.69 Å². The maximum Gasteiger partial charge on any atom is 0.332 e. The number of hydrogen-bond donors (Lipinski definition) is 1. The fourth-order valence-electron chi connectivity index (χ4n) is 3.22. The molecule has 0 atom stereocenters. The number of aromatic nitrogens is 4. The van der Waals surface area contributed by atoms with Gasteiger partial charge in [-0.1, -0.05) is 0 Å². The van der Waals surface area contributed by atoms with Crippen molar-refractivity contribution in [2.75, 3.05) is 13.1 Å². The third-order valence-electron chi connectivity index (χ3n) is 4.45. The second-order valence-corrected chi connectivity index (χ2v) is 6.38. The fourth-order valence-corrected chi connectivity index (χ4v) is 3.22. The third kappa shape index (κ3) is 2.39. The number of nitrogens with zero attached hydrogens (tertiary/aromatic N) is 4. The lowest BCUT2D eigenvalue weighted by Crippen LogP contribution is -2.43. The zero-order valence-corrected chi connectivity index (χ0v) is 13.4. The van der Waals surface area contributed by atoms with Gasteiger partial charge in [-0.25, -0.2) is 9.78 Å². The number of rotatable bonds is 3. The summed E-state index contributed by atoms with van der Waals surface area (Å²) in [5, 5.41) is 3.31. The minimum atomic E-state index is -0.246. The molecule has 7 nitrogen and oxygen atoms in total. The van der Waals surface area contributed by atoms with Crippen LogP contribution in [0.25, 0.3) is 11.2 Å². The molecule has 0 aromatic carbocycles. The van der Waals surface area contributed by atoms with E-state index in [4.69, 9.17) is 0 Å². The molecule has 3 rings (SSSR count). The van der Waals surface area contributed by atoms with E-state index < -0.39 is 0 Å². The number of imidazole rings is 1. The molecule has 2 aromatic heterocycles.